The number of carbonyl (C=O) groups excluding carboxylic acids is 1. The van der Waals surface area contributed by atoms with Gasteiger partial charge in [-0.2, -0.15) is 0 Å². The molecule has 3 rings (SSSR count). The van der Waals surface area contributed by atoms with Gasteiger partial charge in [-0.25, -0.2) is 0 Å². The minimum Gasteiger partial charge on any atom is -0.370 e. The van der Waals surface area contributed by atoms with Crippen molar-refractivity contribution in [2.75, 3.05) is 38.6 Å². The van der Waals surface area contributed by atoms with Crippen molar-refractivity contribution in [2.24, 2.45) is 10.9 Å². The first-order chi connectivity index (χ1) is 14.1. The molecule has 2 aliphatic rings. The lowest BCUT2D eigenvalue weighted by Gasteiger charge is -2.28. The number of rotatable bonds is 6. The van der Waals surface area contributed by atoms with Crippen molar-refractivity contribution < 1.29 is 4.79 Å². The maximum absolute atomic E-state index is 12.8. The van der Waals surface area contributed by atoms with Crippen LogP contribution in [-0.2, 0) is 4.79 Å². The van der Waals surface area contributed by atoms with Crippen molar-refractivity contribution in [2.45, 2.75) is 57.5 Å². The van der Waals surface area contributed by atoms with E-state index in [9.17, 15) is 4.79 Å². The Kier molecular flexibility index (Phi) is 10.2. The molecule has 2 unspecified atom stereocenters. The van der Waals surface area contributed by atoms with Gasteiger partial charge in [0.05, 0.1) is 0 Å². The molecule has 7 heteroatoms. The molecule has 2 atom stereocenters. The van der Waals surface area contributed by atoms with Gasteiger partial charge in [-0.05, 0) is 38.3 Å². The Morgan fingerprint density at radius 1 is 1.20 bits per heavy atom. The second-order valence-electron chi connectivity index (χ2n) is 8.50. The van der Waals surface area contributed by atoms with E-state index in [1.54, 1.807) is 7.05 Å². The first-order valence-corrected chi connectivity index (χ1v) is 11.1. The minimum atomic E-state index is 0. The van der Waals surface area contributed by atoms with Crippen molar-refractivity contribution in [3.63, 3.8) is 0 Å². The summed E-state index contributed by atoms with van der Waals surface area (Å²) in [6.07, 6.45) is 6.83. The monoisotopic (exact) mass is 527 g/mol. The van der Waals surface area contributed by atoms with E-state index in [1.807, 2.05) is 6.07 Å². The summed E-state index contributed by atoms with van der Waals surface area (Å²) in [5, 5.41) is 6.96. The Hall–Kier alpha value is -1.51. The number of hydrogen-bond acceptors (Lipinski definition) is 3. The SMILES string of the molecule is CN=C(NCC(C)N(C)c1ccccc1)NC1CCN(C(=O)C2CCCCC2)C1.I. The molecule has 1 aliphatic carbocycles. The van der Waals surface area contributed by atoms with E-state index in [0.717, 1.165) is 44.9 Å². The van der Waals surface area contributed by atoms with Gasteiger partial charge in [0.15, 0.2) is 5.96 Å². The number of anilines is 1. The van der Waals surface area contributed by atoms with Gasteiger partial charge < -0.3 is 20.4 Å². The molecule has 0 spiro atoms. The lowest BCUT2D eigenvalue weighted by Crippen LogP contribution is -2.49. The third-order valence-corrected chi connectivity index (χ3v) is 6.41. The van der Waals surface area contributed by atoms with Gasteiger partial charge in [-0.1, -0.05) is 37.5 Å². The Labute approximate surface area is 198 Å². The number of benzene rings is 1. The van der Waals surface area contributed by atoms with E-state index in [-0.39, 0.29) is 35.9 Å². The Morgan fingerprint density at radius 2 is 1.90 bits per heavy atom. The number of aliphatic imine (C=N–C) groups is 1. The largest absolute Gasteiger partial charge is 0.370 e. The molecule has 1 amide bonds. The molecule has 1 aromatic carbocycles. The van der Waals surface area contributed by atoms with E-state index in [1.165, 1.54) is 24.9 Å². The average Bonchev–Trinajstić information content (AvgIpc) is 3.25. The Morgan fingerprint density at radius 3 is 2.57 bits per heavy atom. The molecule has 0 bridgehead atoms. The van der Waals surface area contributed by atoms with Crippen LogP contribution >= 0.6 is 24.0 Å². The highest BCUT2D eigenvalue weighted by Crippen LogP contribution is 2.26. The fourth-order valence-electron chi connectivity index (χ4n) is 4.37. The van der Waals surface area contributed by atoms with E-state index < -0.39 is 0 Å². The van der Waals surface area contributed by atoms with E-state index in [0.29, 0.717) is 11.9 Å². The predicted octanol–water partition coefficient (Wildman–Crippen LogP) is 3.48. The fourth-order valence-corrected chi connectivity index (χ4v) is 4.37. The van der Waals surface area contributed by atoms with Gasteiger partial charge in [-0.15, -0.1) is 24.0 Å². The molecule has 1 heterocycles. The van der Waals surface area contributed by atoms with Crippen molar-refractivity contribution in [3.8, 4) is 0 Å². The van der Waals surface area contributed by atoms with E-state index >= 15 is 0 Å². The highest BCUT2D eigenvalue weighted by atomic mass is 127. The summed E-state index contributed by atoms with van der Waals surface area (Å²) in [7, 11) is 3.92. The number of guanidine groups is 1. The molecule has 6 nitrogen and oxygen atoms in total. The van der Waals surface area contributed by atoms with Crippen molar-refractivity contribution in [3.05, 3.63) is 30.3 Å². The quantitative estimate of drug-likeness (QED) is 0.338. The molecule has 0 aromatic heterocycles. The topological polar surface area (TPSA) is 60.0 Å². The van der Waals surface area contributed by atoms with Crippen LogP contribution in [0.2, 0.25) is 0 Å². The first kappa shape index (κ1) is 24.8. The molecule has 1 saturated heterocycles. The fraction of sp³-hybridized carbons (Fsp3) is 0.652. The zero-order valence-electron chi connectivity index (χ0n) is 18.6. The Bertz CT molecular complexity index is 677. The van der Waals surface area contributed by atoms with Crippen LogP contribution in [0.4, 0.5) is 5.69 Å². The second-order valence-corrected chi connectivity index (χ2v) is 8.50. The standard InChI is InChI=1S/C23H37N5O.HI/c1-18(27(3)21-12-8-5-9-13-21)16-25-23(24-2)26-20-14-15-28(17-20)22(29)19-10-6-4-7-11-19;/h5,8-9,12-13,18-20H,4,6-7,10-11,14-17H2,1-3H3,(H2,24,25,26);1H. The van der Waals surface area contributed by atoms with Gasteiger partial charge in [0, 0.05) is 57.4 Å². The molecule has 0 radical (unpaired) electrons. The number of likely N-dealkylation sites (N-methyl/N-ethyl adjacent to an activating group) is 1. The van der Waals surface area contributed by atoms with Crippen LogP contribution in [0.3, 0.4) is 0 Å². The normalized spacial score (nSPS) is 21.0. The minimum absolute atomic E-state index is 0. The number of nitrogens with one attached hydrogen (secondary N) is 2. The average molecular weight is 527 g/mol. The number of para-hydroxylation sites is 1. The summed E-state index contributed by atoms with van der Waals surface area (Å²) in [6.45, 7) is 4.64. The molecule has 2 fully saturated rings. The summed E-state index contributed by atoms with van der Waals surface area (Å²) in [4.78, 5) is 21.5. The highest BCUT2D eigenvalue weighted by molar-refractivity contribution is 14.0. The number of amides is 1. The Balaban J connectivity index is 0.00000320. The van der Waals surface area contributed by atoms with Crippen LogP contribution < -0.4 is 15.5 Å². The maximum Gasteiger partial charge on any atom is 0.225 e. The third-order valence-electron chi connectivity index (χ3n) is 6.41. The molecule has 2 N–H and O–H groups in total. The molecule has 1 saturated carbocycles. The predicted molar refractivity (Wildman–Crippen MR) is 136 cm³/mol. The smallest absolute Gasteiger partial charge is 0.225 e. The molecule has 1 aromatic rings. The van der Waals surface area contributed by atoms with Gasteiger partial charge >= 0.3 is 0 Å². The van der Waals surface area contributed by atoms with Crippen molar-refractivity contribution in [1.82, 2.24) is 15.5 Å². The van der Waals surface area contributed by atoms with Gasteiger partial charge in [0.1, 0.15) is 0 Å². The van der Waals surface area contributed by atoms with Gasteiger partial charge in [0.2, 0.25) is 5.91 Å². The molecular formula is C23H38IN5O. The highest BCUT2D eigenvalue weighted by Gasteiger charge is 2.31. The van der Waals surface area contributed by atoms with E-state index in [2.05, 4.69) is 63.7 Å². The van der Waals surface area contributed by atoms with Gasteiger partial charge in [0.25, 0.3) is 0 Å². The van der Waals surface area contributed by atoms with Crippen LogP contribution in [-0.4, -0.2) is 62.6 Å². The summed E-state index contributed by atoms with van der Waals surface area (Å²) < 4.78 is 0. The molecule has 30 heavy (non-hydrogen) atoms. The zero-order valence-corrected chi connectivity index (χ0v) is 21.0. The number of halogens is 1. The van der Waals surface area contributed by atoms with Crippen LogP contribution in [0, 0.1) is 5.92 Å². The summed E-state index contributed by atoms with van der Waals surface area (Å²) in [6, 6.07) is 11.0. The second kappa shape index (κ2) is 12.4. The number of carbonyl (C=O) groups is 1. The number of likely N-dealkylation sites (tertiary alicyclic amines) is 1. The lowest BCUT2D eigenvalue weighted by atomic mass is 9.88. The zero-order chi connectivity index (χ0) is 20.6. The molecule has 1 aliphatic heterocycles. The van der Waals surface area contributed by atoms with Crippen LogP contribution in [0.1, 0.15) is 45.4 Å². The number of nitrogens with zero attached hydrogens (tertiary/aromatic N) is 3. The molecular weight excluding hydrogens is 489 g/mol. The molecule has 168 valence electrons. The third kappa shape index (κ3) is 6.75. The van der Waals surface area contributed by atoms with Crippen molar-refractivity contribution >= 4 is 41.5 Å². The summed E-state index contributed by atoms with van der Waals surface area (Å²) in [5.74, 6) is 1.44. The van der Waals surface area contributed by atoms with Crippen LogP contribution in [0.25, 0.3) is 0 Å². The van der Waals surface area contributed by atoms with Gasteiger partial charge in [-0.3, -0.25) is 9.79 Å². The summed E-state index contributed by atoms with van der Waals surface area (Å²) in [5.41, 5.74) is 1.21. The van der Waals surface area contributed by atoms with Crippen LogP contribution in [0.5, 0.6) is 0 Å². The first-order valence-electron chi connectivity index (χ1n) is 11.1. The summed E-state index contributed by atoms with van der Waals surface area (Å²) >= 11 is 0. The van der Waals surface area contributed by atoms with Crippen LogP contribution in [0.15, 0.2) is 35.3 Å². The maximum atomic E-state index is 12.8. The van der Waals surface area contributed by atoms with Crippen molar-refractivity contribution in [1.29, 1.82) is 0 Å². The van der Waals surface area contributed by atoms with E-state index in [4.69, 9.17) is 0 Å². The number of hydrogen-bond donors (Lipinski definition) is 2. The lowest BCUT2D eigenvalue weighted by molar-refractivity contribution is -0.135.